The van der Waals surface area contributed by atoms with Crippen LogP contribution in [0.15, 0.2) is 64.1 Å². The van der Waals surface area contributed by atoms with Crippen LogP contribution in [0.4, 0.5) is 11.4 Å². The zero-order chi connectivity index (χ0) is 22.0. The SMILES string of the molecule is CC(CC(=O)Nc1ccc(-c2ccno2)cc1)S(=O)(=O)c1ccc2c(c1)NC(=O)CO2. The van der Waals surface area contributed by atoms with E-state index in [2.05, 4.69) is 15.8 Å². The summed E-state index contributed by atoms with van der Waals surface area (Å²) in [5.41, 5.74) is 1.63. The average Bonchev–Trinajstić information content (AvgIpc) is 3.28. The van der Waals surface area contributed by atoms with Crippen LogP contribution in [0.2, 0.25) is 0 Å². The highest BCUT2D eigenvalue weighted by Gasteiger charge is 2.28. The zero-order valence-corrected chi connectivity index (χ0v) is 17.3. The fourth-order valence-electron chi connectivity index (χ4n) is 3.14. The molecule has 4 rings (SSSR count). The van der Waals surface area contributed by atoms with Gasteiger partial charge in [-0.3, -0.25) is 9.59 Å². The summed E-state index contributed by atoms with van der Waals surface area (Å²) in [6.07, 6.45) is 1.31. The van der Waals surface area contributed by atoms with Crippen molar-refractivity contribution in [3.8, 4) is 17.1 Å². The Morgan fingerprint density at radius 3 is 2.68 bits per heavy atom. The Morgan fingerprint density at radius 1 is 1.19 bits per heavy atom. The lowest BCUT2D eigenvalue weighted by Crippen LogP contribution is -2.27. The highest BCUT2D eigenvalue weighted by Crippen LogP contribution is 2.31. The van der Waals surface area contributed by atoms with Crippen LogP contribution in [-0.2, 0) is 19.4 Å². The lowest BCUT2D eigenvalue weighted by Gasteiger charge is -2.19. The molecule has 1 aromatic heterocycles. The van der Waals surface area contributed by atoms with Crippen molar-refractivity contribution in [2.75, 3.05) is 17.2 Å². The van der Waals surface area contributed by atoms with Gasteiger partial charge in [0.1, 0.15) is 5.75 Å². The van der Waals surface area contributed by atoms with E-state index in [-0.39, 0.29) is 23.8 Å². The van der Waals surface area contributed by atoms with Crippen LogP contribution in [0.25, 0.3) is 11.3 Å². The Labute approximate surface area is 178 Å². The second kappa shape index (κ2) is 8.23. The molecule has 1 atom stereocenters. The summed E-state index contributed by atoms with van der Waals surface area (Å²) in [7, 11) is -3.80. The Hall–Kier alpha value is -3.66. The normalized spacial score (nSPS) is 14.2. The van der Waals surface area contributed by atoms with Gasteiger partial charge in [-0.25, -0.2) is 8.42 Å². The molecule has 0 saturated heterocycles. The monoisotopic (exact) mass is 441 g/mol. The number of benzene rings is 2. The van der Waals surface area contributed by atoms with Gasteiger partial charge in [0.15, 0.2) is 22.2 Å². The molecule has 0 bridgehead atoms. The Kier molecular flexibility index (Phi) is 5.47. The number of nitrogens with zero attached hydrogens (tertiary/aromatic N) is 1. The number of sulfone groups is 1. The van der Waals surface area contributed by atoms with E-state index in [4.69, 9.17) is 9.26 Å². The van der Waals surface area contributed by atoms with Gasteiger partial charge in [0.25, 0.3) is 5.91 Å². The quantitative estimate of drug-likeness (QED) is 0.602. The van der Waals surface area contributed by atoms with Crippen LogP contribution in [0.3, 0.4) is 0 Å². The molecule has 160 valence electrons. The molecule has 10 heteroatoms. The lowest BCUT2D eigenvalue weighted by atomic mass is 10.1. The molecule has 3 aromatic rings. The molecular formula is C21H19N3O6S. The molecule has 2 aromatic carbocycles. The first kappa shape index (κ1) is 20.6. The van der Waals surface area contributed by atoms with E-state index in [1.165, 1.54) is 31.3 Å². The first-order valence-corrected chi connectivity index (χ1v) is 11.0. The molecule has 2 N–H and O–H groups in total. The minimum atomic E-state index is -3.80. The number of amides is 2. The van der Waals surface area contributed by atoms with Crippen LogP contribution in [0.5, 0.6) is 5.75 Å². The first-order chi connectivity index (χ1) is 14.8. The number of fused-ring (bicyclic) bond motifs is 1. The number of rotatable bonds is 6. The van der Waals surface area contributed by atoms with Crippen LogP contribution in [0, 0.1) is 0 Å². The number of carbonyl (C=O) groups is 2. The van der Waals surface area contributed by atoms with Crippen molar-refractivity contribution in [3.63, 3.8) is 0 Å². The maximum Gasteiger partial charge on any atom is 0.262 e. The Bertz CT molecular complexity index is 1220. The highest BCUT2D eigenvalue weighted by atomic mass is 32.2. The van der Waals surface area contributed by atoms with Gasteiger partial charge in [-0.2, -0.15) is 0 Å². The molecule has 1 aliphatic heterocycles. The predicted octanol–water partition coefficient (Wildman–Crippen LogP) is 2.86. The molecule has 0 aliphatic carbocycles. The molecule has 0 saturated carbocycles. The molecule has 0 radical (unpaired) electrons. The highest BCUT2D eigenvalue weighted by molar-refractivity contribution is 7.92. The standard InChI is InChI=1S/C21H19N3O6S/c1-13(31(27,28)16-6-7-19-17(11-16)24-21(26)12-29-19)10-20(25)23-15-4-2-14(3-5-15)18-8-9-22-30-18/h2-9,11,13H,10,12H2,1H3,(H,23,25)(H,24,26). The van der Waals surface area contributed by atoms with Gasteiger partial charge in [-0.15, -0.1) is 0 Å². The van der Waals surface area contributed by atoms with E-state index in [1.54, 1.807) is 30.3 Å². The molecule has 1 unspecified atom stereocenters. The maximum atomic E-state index is 12.9. The zero-order valence-electron chi connectivity index (χ0n) is 16.5. The molecule has 2 amide bonds. The van der Waals surface area contributed by atoms with Gasteiger partial charge in [0.05, 0.1) is 22.0 Å². The van der Waals surface area contributed by atoms with E-state index >= 15 is 0 Å². The predicted molar refractivity (Wildman–Crippen MR) is 112 cm³/mol. The minimum absolute atomic E-state index is 0.00811. The smallest absolute Gasteiger partial charge is 0.262 e. The van der Waals surface area contributed by atoms with Crippen molar-refractivity contribution in [1.82, 2.24) is 5.16 Å². The summed E-state index contributed by atoms with van der Waals surface area (Å²) in [6, 6.07) is 12.9. The fourth-order valence-corrected chi connectivity index (χ4v) is 4.51. The molecule has 0 fully saturated rings. The van der Waals surface area contributed by atoms with Crippen molar-refractivity contribution < 1.29 is 27.3 Å². The molecule has 0 spiro atoms. The summed E-state index contributed by atoms with van der Waals surface area (Å²) >= 11 is 0. The average molecular weight is 441 g/mol. The van der Waals surface area contributed by atoms with E-state index in [9.17, 15) is 18.0 Å². The molecule has 2 heterocycles. The van der Waals surface area contributed by atoms with E-state index in [0.29, 0.717) is 22.9 Å². The fraction of sp³-hybridized carbons (Fsp3) is 0.190. The third kappa shape index (κ3) is 4.43. The van der Waals surface area contributed by atoms with Crippen molar-refractivity contribution >= 4 is 33.0 Å². The summed E-state index contributed by atoms with van der Waals surface area (Å²) in [4.78, 5) is 23.9. The topological polar surface area (TPSA) is 128 Å². The van der Waals surface area contributed by atoms with E-state index < -0.39 is 21.0 Å². The summed E-state index contributed by atoms with van der Waals surface area (Å²) in [5, 5.41) is 7.95. The summed E-state index contributed by atoms with van der Waals surface area (Å²) < 4.78 is 36.2. The molecule has 9 nitrogen and oxygen atoms in total. The van der Waals surface area contributed by atoms with Crippen LogP contribution in [0.1, 0.15) is 13.3 Å². The number of aromatic nitrogens is 1. The van der Waals surface area contributed by atoms with Gasteiger partial charge in [0.2, 0.25) is 5.91 Å². The Morgan fingerprint density at radius 2 is 1.97 bits per heavy atom. The lowest BCUT2D eigenvalue weighted by molar-refractivity contribution is -0.118. The number of hydrogen-bond acceptors (Lipinski definition) is 7. The van der Waals surface area contributed by atoms with Gasteiger partial charge in [-0.05, 0) is 49.4 Å². The number of ether oxygens (including phenoxy) is 1. The van der Waals surface area contributed by atoms with Crippen molar-refractivity contribution in [2.45, 2.75) is 23.5 Å². The summed E-state index contributed by atoms with van der Waals surface area (Å²) in [5.74, 6) is 0.212. The maximum absolute atomic E-state index is 12.9. The first-order valence-electron chi connectivity index (χ1n) is 9.44. The summed E-state index contributed by atoms with van der Waals surface area (Å²) in [6.45, 7) is 1.35. The van der Waals surface area contributed by atoms with Crippen molar-refractivity contribution in [1.29, 1.82) is 0 Å². The van der Waals surface area contributed by atoms with Gasteiger partial charge in [-0.1, -0.05) is 5.16 Å². The molecule has 1 aliphatic rings. The number of hydrogen-bond donors (Lipinski definition) is 2. The van der Waals surface area contributed by atoms with Crippen LogP contribution in [-0.4, -0.2) is 37.2 Å². The van der Waals surface area contributed by atoms with E-state index in [1.807, 2.05) is 0 Å². The largest absolute Gasteiger partial charge is 0.482 e. The van der Waals surface area contributed by atoms with E-state index in [0.717, 1.165) is 5.56 Å². The number of nitrogens with one attached hydrogen (secondary N) is 2. The van der Waals surface area contributed by atoms with Gasteiger partial charge in [0, 0.05) is 23.7 Å². The third-order valence-corrected chi connectivity index (χ3v) is 6.94. The molecular weight excluding hydrogens is 422 g/mol. The minimum Gasteiger partial charge on any atom is -0.482 e. The van der Waals surface area contributed by atoms with Crippen LogP contribution >= 0.6 is 0 Å². The van der Waals surface area contributed by atoms with Gasteiger partial charge < -0.3 is 19.9 Å². The number of carbonyl (C=O) groups excluding carboxylic acids is 2. The van der Waals surface area contributed by atoms with Gasteiger partial charge >= 0.3 is 0 Å². The number of anilines is 2. The second-order valence-corrected chi connectivity index (χ2v) is 9.42. The van der Waals surface area contributed by atoms with Crippen molar-refractivity contribution in [2.24, 2.45) is 0 Å². The molecule has 31 heavy (non-hydrogen) atoms. The Balaban J connectivity index is 1.42. The third-order valence-electron chi connectivity index (χ3n) is 4.81. The second-order valence-electron chi connectivity index (χ2n) is 7.06. The van der Waals surface area contributed by atoms with Crippen LogP contribution < -0.4 is 15.4 Å². The van der Waals surface area contributed by atoms with Crippen molar-refractivity contribution in [3.05, 3.63) is 54.7 Å².